The zero-order valence-corrected chi connectivity index (χ0v) is 23.8. The molecule has 0 fully saturated rings. The van der Waals surface area contributed by atoms with E-state index in [-0.39, 0.29) is 11.3 Å². The van der Waals surface area contributed by atoms with Gasteiger partial charge in [0, 0.05) is 18.2 Å². The molecule has 1 rings (SSSR count). The van der Waals surface area contributed by atoms with Crippen LogP contribution in [-0.4, -0.2) is 63.9 Å². The highest BCUT2D eigenvalue weighted by molar-refractivity contribution is 5.93. The predicted molar refractivity (Wildman–Crippen MR) is 144 cm³/mol. The van der Waals surface area contributed by atoms with E-state index in [2.05, 4.69) is 24.5 Å². The number of ether oxygens (including phenoxy) is 1. The summed E-state index contributed by atoms with van der Waals surface area (Å²) in [7, 11) is 0. The van der Waals surface area contributed by atoms with Gasteiger partial charge in [0.2, 0.25) is 11.8 Å². The summed E-state index contributed by atoms with van der Waals surface area (Å²) in [6.45, 7) is 14.5. The minimum absolute atomic E-state index is 0.0762. The topological polar surface area (TPSA) is 128 Å². The maximum atomic E-state index is 13.9. The number of phenols is 1. The van der Waals surface area contributed by atoms with Crippen LogP contribution in [-0.2, 0) is 14.3 Å². The van der Waals surface area contributed by atoms with Crippen LogP contribution in [0.5, 0.6) is 5.75 Å². The van der Waals surface area contributed by atoms with E-state index in [4.69, 9.17) is 4.74 Å². The van der Waals surface area contributed by atoms with Crippen molar-refractivity contribution in [2.75, 3.05) is 13.2 Å². The van der Waals surface area contributed by atoms with Gasteiger partial charge < -0.3 is 30.5 Å². The lowest BCUT2D eigenvalue weighted by Gasteiger charge is -2.38. The molecule has 0 aliphatic heterocycles. The molecule has 0 aromatic heterocycles. The molecule has 3 amide bonds. The second-order valence-electron chi connectivity index (χ2n) is 11.0. The Labute approximate surface area is 222 Å². The van der Waals surface area contributed by atoms with Crippen molar-refractivity contribution in [2.24, 2.45) is 5.92 Å². The molecule has 0 radical (unpaired) electrons. The number of para-hydroxylation sites is 1. The summed E-state index contributed by atoms with van der Waals surface area (Å²) in [5.74, 6) is -0.793. The Bertz CT molecular complexity index is 896. The number of nitrogens with one attached hydrogen (secondary N) is 2. The fourth-order valence-corrected chi connectivity index (χ4v) is 3.93. The van der Waals surface area contributed by atoms with Crippen LogP contribution in [0, 0.1) is 12.8 Å². The van der Waals surface area contributed by atoms with E-state index < -0.39 is 48.2 Å². The molecule has 0 saturated heterocycles. The molecule has 0 heterocycles. The van der Waals surface area contributed by atoms with Gasteiger partial charge in [-0.2, -0.15) is 0 Å². The molecule has 1 aromatic carbocycles. The Kier molecular flexibility index (Phi) is 12.9. The van der Waals surface area contributed by atoms with Crippen LogP contribution in [0.25, 0.3) is 0 Å². The third kappa shape index (κ3) is 10.2. The van der Waals surface area contributed by atoms with Crippen molar-refractivity contribution in [3.05, 3.63) is 29.3 Å². The van der Waals surface area contributed by atoms with Gasteiger partial charge in [-0.25, -0.2) is 4.79 Å². The number of hydrogen-bond donors (Lipinski definition) is 4. The molecular formula is C28H47N3O6. The number of aryl methyl sites for hydroxylation is 1. The number of carbonyl (C=O) groups excluding carboxylic acids is 3. The number of aliphatic hydroxyl groups excluding tert-OH is 1. The Morgan fingerprint density at radius 3 is 2.30 bits per heavy atom. The maximum absolute atomic E-state index is 13.9. The van der Waals surface area contributed by atoms with E-state index in [1.165, 1.54) is 4.90 Å². The average molecular weight is 522 g/mol. The number of aliphatic hydroxyl groups is 1. The third-order valence-electron chi connectivity index (χ3n) is 5.98. The smallest absolute Gasteiger partial charge is 0.408 e. The number of carbonyl (C=O) groups is 3. The fraction of sp³-hybridized carbons (Fsp3) is 0.679. The van der Waals surface area contributed by atoms with Crippen LogP contribution in [0.3, 0.4) is 0 Å². The maximum Gasteiger partial charge on any atom is 0.408 e. The van der Waals surface area contributed by atoms with Crippen molar-refractivity contribution in [3.63, 3.8) is 0 Å². The van der Waals surface area contributed by atoms with Crippen LogP contribution in [0.1, 0.15) is 91.3 Å². The van der Waals surface area contributed by atoms with Crippen LogP contribution < -0.4 is 10.6 Å². The van der Waals surface area contributed by atoms with E-state index in [1.807, 2.05) is 13.8 Å². The molecule has 3 unspecified atom stereocenters. The zero-order valence-electron chi connectivity index (χ0n) is 23.8. The van der Waals surface area contributed by atoms with Gasteiger partial charge in [-0.1, -0.05) is 45.4 Å². The first-order valence-electron chi connectivity index (χ1n) is 13.2. The number of benzene rings is 1. The van der Waals surface area contributed by atoms with Crippen LogP contribution >= 0.6 is 0 Å². The summed E-state index contributed by atoms with van der Waals surface area (Å²) in [6, 6.07) is 2.12. The first-order valence-corrected chi connectivity index (χ1v) is 13.2. The number of phenolic OH excluding ortho intramolecular Hbond substituents is 1. The van der Waals surface area contributed by atoms with Gasteiger partial charge in [-0.15, -0.1) is 0 Å². The van der Waals surface area contributed by atoms with E-state index in [9.17, 15) is 24.6 Å². The highest BCUT2D eigenvalue weighted by atomic mass is 16.6. The Morgan fingerprint density at radius 1 is 1.11 bits per heavy atom. The number of unbranched alkanes of at least 4 members (excludes halogenated alkanes) is 1. The summed E-state index contributed by atoms with van der Waals surface area (Å²) in [5.41, 5.74) is 0.0521. The quantitative estimate of drug-likeness (QED) is 0.288. The van der Waals surface area contributed by atoms with Gasteiger partial charge in [0.25, 0.3) is 0 Å². The second-order valence-corrected chi connectivity index (χ2v) is 11.0. The number of nitrogens with zero attached hydrogens (tertiary/aromatic N) is 1. The van der Waals surface area contributed by atoms with E-state index in [1.54, 1.807) is 45.9 Å². The molecule has 9 nitrogen and oxygen atoms in total. The number of aromatic hydroxyl groups is 1. The zero-order chi connectivity index (χ0) is 28.3. The molecule has 4 N–H and O–H groups in total. The largest absolute Gasteiger partial charge is 0.507 e. The molecule has 0 aliphatic carbocycles. The van der Waals surface area contributed by atoms with Crippen LogP contribution in [0.4, 0.5) is 4.79 Å². The number of alkyl carbamates (subject to hydrolysis) is 1. The van der Waals surface area contributed by atoms with Crippen molar-refractivity contribution < 1.29 is 29.3 Å². The van der Waals surface area contributed by atoms with Gasteiger partial charge >= 0.3 is 6.09 Å². The van der Waals surface area contributed by atoms with Crippen molar-refractivity contribution in [1.29, 1.82) is 0 Å². The summed E-state index contributed by atoms with van der Waals surface area (Å²) < 4.78 is 5.28. The van der Waals surface area contributed by atoms with Gasteiger partial charge in [0.05, 0.1) is 6.61 Å². The van der Waals surface area contributed by atoms with Gasteiger partial charge in [0.15, 0.2) is 0 Å². The van der Waals surface area contributed by atoms with Crippen LogP contribution in [0.15, 0.2) is 18.2 Å². The Balaban J connectivity index is 3.56. The standard InChI is InChI=1S/C28H47N3O6/c1-9-10-16-29-25(34)23(21-13-11-12-19(4)24(21)33)31(20(5)15-14-18(2)3)26(35)22(17-32)30-27(36)37-28(6,7)8/h11-13,18,20,22-23,32-33H,9-10,14-17H2,1-8H3,(H,29,34)(H,30,36). The Hall–Kier alpha value is -2.81. The van der Waals surface area contributed by atoms with Crippen molar-refractivity contribution in [1.82, 2.24) is 15.5 Å². The minimum Gasteiger partial charge on any atom is -0.507 e. The first-order chi connectivity index (χ1) is 17.2. The molecule has 0 saturated carbocycles. The van der Waals surface area contributed by atoms with Gasteiger partial charge in [-0.05, 0) is 65.4 Å². The van der Waals surface area contributed by atoms with Crippen molar-refractivity contribution in [2.45, 2.75) is 105 Å². The summed E-state index contributed by atoms with van der Waals surface area (Å²) >= 11 is 0. The monoisotopic (exact) mass is 521 g/mol. The van der Waals surface area contributed by atoms with Crippen molar-refractivity contribution >= 4 is 17.9 Å². The number of amides is 3. The normalized spacial score (nSPS) is 14.0. The summed E-state index contributed by atoms with van der Waals surface area (Å²) in [6.07, 6.45) is 2.16. The molecule has 1 aromatic rings. The lowest BCUT2D eigenvalue weighted by atomic mass is 9.95. The number of hydrogen-bond acceptors (Lipinski definition) is 6. The molecule has 0 bridgehead atoms. The molecule has 0 aliphatic rings. The Morgan fingerprint density at radius 2 is 1.76 bits per heavy atom. The first kappa shape index (κ1) is 32.2. The fourth-order valence-electron chi connectivity index (χ4n) is 3.93. The lowest BCUT2D eigenvalue weighted by molar-refractivity contribution is -0.146. The summed E-state index contributed by atoms with van der Waals surface area (Å²) in [5, 5.41) is 26.4. The molecule has 9 heteroatoms. The van der Waals surface area contributed by atoms with Crippen molar-refractivity contribution in [3.8, 4) is 5.75 Å². The SMILES string of the molecule is CCCCNC(=O)C(c1cccc(C)c1O)N(C(=O)C(CO)NC(=O)OC(C)(C)C)C(C)CCC(C)C. The molecule has 210 valence electrons. The predicted octanol–water partition coefficient (Wildman–Crippen LogP) is 4.20. The van der Waals surface area contributed by atoms with E-state index in [0.29, 0.717) is 24.4 Å². The van der Waals surface area contributed by atoms with Gasteiger partial charge in [-0.3, -0.25) is 9.59 Å². The van der Waals surface area contributed by atoms with E-state index in [0.717, 1.165) is 19.3 Å². The lowest BCUT2D eigenvalue weighted by Crippen LogP contribution is -2.56. The minimum atomic E-state index is -1.34. The van der Waals surface area contributed by atoms with E-state index >= 15 is 0 Å². The average Bonchev–Trinajstić information content (AvgIpc) is 2.80. The molecular weight excluding hydrogens is 474 g/mol. The summed E-state index contributed by atoms with van der Waals surface area (Å²) in [4.78, 5) is 41.4. The second kappa shape index (κ2) is 14.8. The highest BCUT2D eigenvalue weighted by Gasteiger charge is 2.39. The molecule has 3 atom stereocenters. The molecule has 37 heavy (non-hydrogen) atoms. The third-order valence-corrected chi connectivity index (χ3v) is 5.98. The van der Waals surface area contributed by atoms with Crippen LogP contribution in [0.2, 0.25) is 0 Å². The molecule has 0 spiro atoms. The highest BCUT2D eigenvalue weighted by Crippen LogP contribution is 2.34. The van der Waals surface area contributed by atoms with Gasteiger partial charge in [0.1, 0.15) is 23.4 Å². The number of rotatable bonds is 13.